The third-order valence-corrected chi connectivity index (χ3v) is 1.89. The first-order valence-electron chi connectivity index (χ1n) is 5.10. The molecule has 0 saturated carbocycles. The fraction of sp³-hybridized carbons (Fsp3) is 0.818. The summed E-state index contributed by atoms with van der Waals surface area (Å²) < 4.78 is 4.82. The summed E-state index contributed by atoms with van der Waals surface area (Å²) in [5, 5.41) is 18.7. The number of ether oxygens (including phenoxy) is 1. The zero-order chi connectivity index (χ0) is 13.1. The lowest BCUT2D eigenvalue weighted by Gasteiger charge is -2.24. The Kier molecular flexibility index (Phi) is 4.64. The van der Waals surface area contributed by atoms with Crippen LogP contribution < -0.4 is 0 Å². The van der Waals surface area contributed by atoms with Crippen LogP contribution in [0.5, 0.6) is 0 Å². The summed E-state index contributed by atoms with van der Waals surface area (Å²) in [7, 11) is 0. The van der Waals surface area contributed by atoms with Crippen molar-refractivity contribution in [3.05, 3.63) is 0 Å². The molecule has 2 atom stereocenters. The van der Waals surface area contributed by atoms with Crippen molar-refractivity contribution in [1.29, 1.82) is 0 Å². The number of hydrogen-bond donors (Lipinski definition) is 2. The van der Waals surface area contributed by atoms with Crippen LogP contribution in [0.1, 0.15) is 34.6 Å². The zero-order valence-corrected chi connectivity index (χ0v) is 10.4. The Bertz CT molecular complexity index is 273. The van der Waals surface area contributed by atoms with Gasteiger partial charge in [0.25, 0.3) is 0 Å². The molecule has 0 bridgehead atoms. The molecular weight excluding hydrogens is 212 g/mol. The van der Waals surface area contributed by atoms with Crippen LogP contribution >= 0.6 is 0 Å². The standard InChI is InChI=1S/C11H20O5/c1-7(12)8(13)11(5,15)9(14)16-6-10(2,3)4/h7,12,15H,6H2,1-5H3. The van der Waals surface area contributed by atoms with E-state index in [1.165, 1.54) is 6.92 Å². The molecule has 0 aromatic rings. The van der Waals surface area contributed by atoms with Gasteiger partial charge in [-0.1, -0.05) is 20.8 Å². The van der Waals surface area contributed by atoms with E-state index in [0.29, 0.717) is 0 Å². The van der Waals surface area contributed by atoms with Crippen LogP contribution in [0.4, 0.5) is 0 Å². The lowest BCUT2D eigenvalue weighted by atomic mass is 9.96. The molecule has 0 aromatic carbocycles. The topological polar surface area (TPSA) is 83.8 Å². The lowest BCUT2D eigenvalue weighted by molar-refractivity contribution is -0.173. The van der Waals surface area contributed by atoms with E-state index in [2.05, 4.69) is 0 Å². The molecule has 0 aliphatic heterocycles. The number of esters is 1. The second kappa shape index (κ2) is 4.93. The molecule has 94 valence electrons. The van der Waals surface area contributed by atoms with Crippen LogP contribution in [0, 0.1) is 5.41 Å². The molecule has 0 aliphatic rings. The fourth-order valence-electron chi connectivity index (χ4n) is 0.930. The highest BCUT2D eigenvalue weighted by Crippen LogP contribution is 2.16. The predicted molar refractivity (Wildman–Crippen MR) is 57.7 cm³/mol. The largest absolute Gasteiger partial charge is 0.463 e. The van der Waals surface area contributed by atoms with Gasteiger partial charge in [-0.2, -0.15) is 0 Å². The van der Waals surface area contributed by atoms with Crippen molar-refractivity contribution < 1.29 is 24.5 Å². The van der Waals surface area contributed by atoms with Crippen molar-refractivity contribution in [3.63, 3.8) is 0 Å². The first-order valence-corrected chi connectivity index (χ1v) is 5.10. The summed E-state index contributed by atoms with van der Waals surface area (Å²) in [6.07, 6.45) is -1.41. The number of Topliss-reactive ketones (excluding diaryl/α,β-unsaturated/α-hetero) is 1. The molecule has 0 aliphatic carbocycles. The average molecular weight is 232 g/mol. The summed E-state index contributed by atoms with van der Waals surface area (Å²) in [6.45, 7) is 7.86. The summed E-state index contributed by atoms with van der Waals surface area (Å²) in [5.41, 5.74) is -2.54. The van der Waals surface area contributed by atoms with E-state index in [-0.39, 0.29) is 12.0 Å². The zero-order valence-electron chi connectivity index (χ0n) is 10.4. The Labute approximate surface area is 95.4 Å². The molecule has 0 rings (SSSR count). The van der Waals surface area contributed by atoms with Gasteiger partial charge in [-0.3, -0.25) is 4.79 Å². The van der Waals surface area contributed by atoms with Crippen LogP contribution in [0.15, 0.2) is 0 Å². The molecule has 0 heterocycles. The van der Waals surface area contributed by atoms with Crippen molar-refractivity contribution in [2.75, 3.05) is 6.61 Å². The quantitative estimate of drug-likeness (QED) is 0.537. The average Bonchev–Trinajstić information content (AvgIpc) is 2.11. The molecule has 16 heavy (non-hydrogen) atoms. The SMILES string of the molecule is CC(O)C(=O)C(C)(O)C(=O)OCC(C)(C)C. The third kappa shape index (κ3) is 4.28. The molecule has 2 unspecified atom stereocenters. The van der Waals surface area contributed by atoms with E-state index < -0.39 is 23.5 Å². The van der Waals surface area contributed by atoms with E-state index >= 15 is 0 Å². The highest BCUT2D eigenvalue weighted by Gasteiger charge is 2.42. The predicted octanol–water partition coefficient (Wildman–Crippen LogP) is 0.277. The maximum absolute atomic E-state index is 11.5. The molecule has 0 aromatic heterocycles. The maximum atomic E-state index is 11.5. The number of carbonyl (C=O) groups is 2. The van der Waals surface area contributed by atoms with Gasteiger partial charge in [-0.25, -0.2) is 4.79 Å². The Morgan fingerprint density at radius 1 is 1.25 bits per heavy atom. The van der Waals surface area contributed by atoms with Crippen molar-refractivity contribution in [3.8, 4) is 0 Å². The molecule has 0 saturated heterocycles. The fourth-order valence-corrected chi connectivity index (χ4v) is 0.930. The first kappa shape index (κ1) is 15.1. The van der Waals surface area contributed by atoms with Gasteiger partial charge in [0, 0.05) is 0 Å². The lowest BCUT2D eigenvalue weighted by Crippen LogP contribution is -2.49. The number of carbonyl (C=O) groups excluding carboxylic acids is 2. The second-order valence-corrected chi connectivity index (χ2v) is 5.25. The van der Waals surface area contributed by atoms with Gasteiger partial charge in [0.2, 0.25) is 11.4 Å². The molecule has 0 spiro atoms. The van der Waals surface area contributed by atoms with Crippen LogP contribution in [-0.4, -0.2) is 40.3 Å². The Balaban J connectivity index is 4.54. The number of aliphatic hydroxyl groups is 2. The third-order valence-electron chi connectivity index (χ3n) is 1.89. The summed E-state index contributed by atoms with van der Waals surface area (Å²) in [6, 6.07) is 0. The molecule has 0 amide bonds. The summed E-state index contributed by atoms with van der Waals surface area (Å²) >= 11 is 0. The van der Waals surface area contributed by atoms with E-state index in [1.807, 2.05) is 20.8 Å². The van der Waals surface area contributed by atoms with Crippen LogP contribution in [0.3, 0.4) is 0 Å². The monoisotopic (exact) mass is 232 g/mol. The molecule has 5 nitrogen and oxygen atoms in total. The van der Waals surface area contributed by atoms with Crippen LogP contribution in [-0.2, 0) is 14.3 Å². The minimum absolute atomic E-state index is 0.0923. The molecule has 5 heteroatoms. The molecular formula is C11H20O5. The van der Waals surface area contributed by atoms with Gasteiger partial charge in [0.15, 0.2) is 0 Å². The van der Waals surface area contributed by atoms with E-state index in [0.717, 1.165) is 6.92 Å². The molecule has 0 radical (unpaired) electrons. The number of rotatable bonds is 4. The van der Waals surface area contributed by atoms with E-state index in [9.17, 15) is 14.7 Å². The first-order chi connectivity index (χ1) is 6.98. The number of ketones is 1. The van der Waals surface area contributed by atoms with Crippen LogP contribution in [0.2, 0.25) is 0 Å². The normalized spacial score (nSPS) is 17.4. The van der Waals surface area contributed by atoms with Gasteiger partial charge in [-0.05, 0) is 19.3 Å². The maximum Gasteiger partial charge on any atom is 0.345 e. The Hall–Kier alpha value is -0.940. The van der Waals surface area contributed by atoms with Crippen molar-refractivity contribution >= 4 is 11.8 Å². The number of aliphatic hydroxyl groups excluding tert-OH is 1. The summed E-state index contributed by atoms with van der Waals surface area (Å²) in [5.74, 6) is -2.00. The Morgan fingerprint density at radius 2 is 1.69 bits per heavy atom. The summed E-state index contributed by atoms with van der Waals surface area (Å²) in [4.78, 5) is 22.8. The minimum atomic E-state index is -2.29. The molecule has 0 fully saturated rings. The van der Waals surface area contributed by atoms with Crippen molar-refractivity contribution in [2.24, 2.45) is 5.41 Å². The van der Waals surface area contributed by atoms with E-state index in [1.54, 1.807) is 0 Å². The Morgan fingerprint density at radius 3 is 2.00 bits per heavy atom. The van der Waals surface area contributed by atoms with E-state index in [4.69, 9.17) is 9.84 Å². The van der Waals surface area contributed by atoms with Gasteiger partial charge < -0.3 is 14.9 Å². The highest BCUT2D eigenvalue weighted by molar-refractivity contribution is 6.08. The van der Waals surface area contributed by atoms with Gasteiger partial charge in [0.1, 0.15) is 6.10 Å². The minimum Gasteiger partial charge on any atom is -0.463 e. The van der Waals surface area contributed by atoms with Crippen molar-refractivity contribution in [2.45, 2.75) is 46.3 Å². The molecule has 2 N–H and O–H groups in total. The van der Waals surface area contributed by atoms with Gasteiger partial charge in [0.05, 0.1) is 6.61 Å². The second-order valence-electron chi connectivity index (χ2n) is 5.25. The highest BCUT2D eigenvalue weighted by atomic mass is 16.6. The smallest absolute Gasteiger partial charge is 0.345 e. The van der Waals surface area contributed by atoms with Gasteiger partial charge in [-0.15, -0.1) is 0 Å². The van der Waals surface area contributed by atoms with Crippen molar-refractivity contribution in [1.82, 2.24) is 0 Å². The van der Waals surface area contributed by atoms with Crippen LogP contribution in [0.25, 0.3) is 0 Å². The number of hydrogen-bond acceptors (Lipinski definition) is 5. The van der Waals surface area contributed by atoms with Gasteiger partial charge >= 0.3 is 5.97 Å².